The highest BCUT2D eigenvalue weighted by atomic mass is 32.1. The molecule has 9 nitrogen and oxygen atoms in total. The molecule has 188 valence electrons. The number of hydrogen-bond donors (Lipinski definition) is 2. The predicted octanol–water partition coefficient (Wildman–Crippen LogP) is 4.24. The van der Waals surface area contributed by atoms with Crippen molar-refractivity contribution in [1.82, 2.24) is 9.55 Å². The second-order valence-electron chi connectivity index (χ2n) is 9.07. The summed E-state index contributed by atoms with van der Waals surface area (Å²) < 4.78 is 6.76. The molecular formula is C27H24N4O5S. The summed E-state index contributed by atoms with van der Waals surface area (Å²) in [5.74, 6) is -0.473. The molecule has 4 aromatic rings. The van der Waals surface area contributed by atoms with E-state index in [0.717, 1.165) is 22.5 Å². The number of nitrogens with one attached hydrogen (secondary N) is 2. The number of thiophene rings is 1. The second-order valence-corrected chi connectivity index (χ2v) is 10.1. The molecule has 0 fully saturated rings. The predicted molar refractivity (Wildman–Crippen MR) is 142 cm³/mol. The lowest BCUT2D eigenvalue weighted by molar-refractivity contribution is -0.122. The van der Waals surface area contributed by atoms with E-state index in [0.29, 0.717) is 43.3 Å². The molecule has 2 N–H and O–H groups in total. The van der Waals surface area contributed by atoms with E-state index in [4.69, 9.17) is 4.74 Å². The number of aryl methyl sites for hydroxylation is 3. The summed E-state index contributed by atoms with van der Waals surface area (Å²) in [7, 11) is 0. The lowest BCUT2D eigenvalue weighted by atomic mass is 10.1. The van der Waals surface area contributed by atoms with Gasteiger partial charge in [0.05, 0.1) is 28.8 Å². The van der Waals surface area contributed by atoms with E-state index in [-0.39, 0.29) is 24.1 Å². The zero-order valence-corrected chi connectivity index (χ0v) is 21.5. The quantitative estimate of drug-likeness (QED) is 0.383. The normalized spacial score (nSPS) is 14.6. The topological polar surface area (TPSA) is 119 Å². The van der Waals surface area contributed by atoms with Crippen LogP contribution in [0.15, 0.2) is 47.5 Å². The third-order valence-corrected chi connectivity index (χ3v) is 7.50. The number of hydrogen-bond acceptors (Lipinski definition) is 7. The van der Waals surface area contributed by atoms with Crippen molar-refractivity contribution in [3.63, 3.8) is 0 Å². The van der Waals surface area contributed by atoms with Crippen molar-refractivity contribution in [1.29, 1.82) is 0 Å². The molecule has 2 aromatic heterocycles. The summed E-state index contributed by atoms with van der Waals surface area (Å²) in [6.07, 6.45) is 0.696. The Hall–Kier alpha value is -4.31. The number of rotatable bonds is 5. The van der Waals surface area contributed by atoms with Gasteiger partial charge < -0.3 is 15.4 Å². The minimum absolute atomic E-state index is 0.245. The van der Waals surface area contributed by atoms with E-state index in [1.54, 1.807) is 26.0 Å². The van der Waals surface area contributed by atoms with Crippen molar-refractivity contribution in [2.45, 2.75) is 40.3 Å². The molecule has 0 saturated heterocycles. The SMILES string of the molecule is Cc1ccc(NC(=O)c2sc3ncn(CC(=O)c4ccc5c(c4)NC(=O)C(C)O5)c(=O)c3c2C)c(C)c1. The summed E-state index contributed by atoms with van der Waals surface area (Å²) in [5, 5.41) is 5.94. The Balaban J connectivity index is 1.41. The molecule has 0 saturated carbocycles. The number of ketones is 1. The third kappa shape index (κ3) is 4.51. The number of nitrogens with zero attached hydrogens (tertiary/aromatic N) is 2. The van der Waals surface area contributed by atoms with Gasteiger partial charge in [0.2, 0.25) is 0 Å². The van der Waals surface area contributed by atoms with Crippen molar-refractivity contribution in [2.75, 3.05) is 10.6 Å². The molecule has 5 rings (SSSR count). The molecule has 2 aromatic carbocycles. The van der Waals surface area contributed by atoms with E-state index in [2.05, 4.69) is 15.6 Å². The van der Waals surface area contributed by atoms with E-state index >= 15 is 0 Å². The van der Waals surface area contributed by atoms with Gasteiger partial charge in [0, 0.05) is 11.3 Å². The Labute approximate surface area is 216 Å². The van der Waals surface area contributed by atoms with Crippen LogP contribution in [0.25, 0.3) is 10.2 Å². The second kappa shape index (κ2) is 9.29. The van der Waals surface area contributed by atoms with Gasteiger partial charge in [-0.3, -0.25) is 23.7 Å². The van der Waals surface area contributed by atoms with E-state index in [1.807, 2.05) is 32.0 Å². The van der Waals surface area contributed by atoms with Crippen molar-refractivity contribution in [3.05, 3.63) is 80.2 Å². The van der Waals surface area contributed by atoms with Crippen LogP contribution in [0.3, 0.4) is 0 Å². The first-order valence-electron chi connectivity index (χ1n) is 11.6. The van der Waals surface area contributed by atoms with Crippen LogP contribution in [0.4, 0.5) is 11.4 Å². The summed E-state index contributed by atoms with van der Waals surface area (Å²) in [5.41, 5.74) is 3.57. The van der Waals surface area contributed by atoms with Crippen LogP contribution >= 0.6 is 11.3 Å². The minimum atomic E-state index is -0.618. The molecular weight excluding hydrogens is 492 g/mol. The largest absolute Gasteiger partial charge is 0.479 e. The Kier molecular flexibility index (Phi) is 6.12. The molecule has 37 heavy (non-hydrogen) atoms. The third-order valence-electron chi connectivity index (χ3n) is 6.30. The molecule has 2 amide bonds. The maximum Gasteiger partial charge on any atom is 0.266 e. The Bertz CT molecular complexity index is 1670. The first-order valence-corrected chi connectivity index (χ1v) is 12.5. The van der Waals surface area contributed by atoms with Crippen LogP contribution in [-0.4, -0.2) is 33.3 Å². The van der Waals surface area contributed by atoms with E-state index < -0.39 is 11.7 Å². The average molecular weight is 517 g/mol. The number of ether oxygens (including phenoxy) is 1. The zero-order valence-electron chi connectivity index (χ0n) is 20.7. The van der Waals surface area contributed by atoms with Gasteiger partial charge >= 0.3 is 0 Å². The van der Waals surface area contributed by atoms with Crippen LogP contribution in [0.2, 0.25) is 0 Å². The smallest absolute Gasteiger partial charge is 0.266 e. The van der Waals surface area contributed by atoms with Gasteiger partial charge in [0.1, 0.15) is 10.6 Å². The fourth-order valence-corrected chi connectivity index (χ4v) is 5.28. The van der Waals surface area contributed by atoms with Crippen molar-refractivity contribution < 1.29 is 19.1 Å². The van der Waals surface area contributed by atoms with Crippen molar-refractivity contribution in [2.24, 2.45) is 0 Å². The number of carbonyl (C=O) groups excluding carboxylic acids is 3. The highest BCUT2D eigenvalue weighted by molar-refractivity contribution is 7.20. The van der Waals surface area contributed by atoms with Gasteiger partial charge in [0.15, 0.2) is 11.9 Å². The standard InChI is InChI=1S/C27H24N4O5S/c1-13-5-7-18(14(2)9-13)29-25(34)23-15(3)22-26(37-23)28-12-31(27(22)35)11-20(32)17-6-8-21-19(10-17)30-24(33)16(4)36-21/h5-10,12,16H,11H2,1-4H3,(H,29,34)(H,30,33). The fourth-order valence-electron chi connectivity index (χ4n) is 4.25. The lowest BCUT2D eigenvalue weighted by Gasteiger charge is -2.23. The zero-order chi connectivity index (χ0) is 26.4. The maximum absolute atomic E-state index is 13.3. The molecule has 1 aliphatic rings. The fraction of sp³-hybridized carbons (Fsp3) is 0.222. The van der Waals surface area contributed by atoms with Gasteiger partial charge in [-0.2, -0.15) is 0 Å². The van der Waals surface area contributed by atoms with Gasteiger partial charge in [-0.15, -0.1) is 11.3 Å². The minimum Gasteiger partial charge on any atom is -0.479 e. The molecule has 1 aliphatic heterocycles. The van der Waals surface area contributed by atoms with Gasteiger partial charge in [0.25, 0.3) is 17.4 Å². The summed E-state index contributed by atoms with van der Waals surface area (Å²) in [4.78, 5) is 56.4. The number of fused-ring (bicyclic) bond motifs is 2. The molecule has 0 spiro atoms. The summed E-state index contributed by atoms with van der Waals surface area (Å²) >= 11 is 1.14. The number of amides is 2. The first-order chi connectivity index (χ1) is 17.6. The molecule has 0 aliphatic carbocycles. The van der Waals surface area contributed by atoms with Crippen LogP contribution in [0, 0.1) is 20.8 Å². The van der Waals surface area contributed by atoms with Crippen molar-refractivity contribution in [3.8, 4) is 5.75 Å². The molecule has 10 heteroatoms. The maximum atomic E-state index is 13.3. The average Bonchev–Trinajstić information content (AvgIpc) is 3.20. The first kappa shape index (κ1) is 24.4. The molecule has 3 heterocycles. The Morgan fingerprint density at radius 2 is 1.92 bits per heavy atom. The summed E-state index contributed by atoms with van der Waals surface area (Å²) in [6, 6.07) is 10.5. The van der Waals surface area contributed by atoms with Crippen LogP contribution < -0.4 is 20.9 Å². The van der Waals surface area contributed by atoms with E-state index in [9.17, 15) is 19.2 Å². The van der Waals surface area contributed by atoms with Crippen molar-refractivity contribution >= 4 is 50.5 Å². The number of benzene rings is 2. The number of aromatic nitrogens is 2. The van der Waals surface area contributed by atoms with Gasteiger partial charge in [-0.05, 0) is 63.1 Å². The van der Waals surface area contributed by atoms with Gasteiger partial charge in [-0.1, -0.05) is 17.7 Å². The highest BCUT2D eigenvalue weighted by Gasteiger charge is 2.25. The number of carbonyl (C=O) groups is 3. The monoisotopic (exact) mass is 516 g/mol. The summed E-state index contributed by atoms with van der Waals surface area (Å²) in [6.45, 7) is 7.00. The molecule has 1 atom stereocenters. The molecule has 0 bridgehead atoms. The van der Waals surface area contributed by atoms with E-state index in [1.165, 1.54) is 17.0 Å². The molecule has 1 unspecified atom stereocenters. The molecule has 0 radical (unpaired) electrons. The lowest BCUT2D eigenvalue weighted by Crippen LogP contribution is -2.34. The van der Waals surface area contributed by atoms with Crippen LogP contribution in [0.5, 0.6) is 5.75 Å². The van der Waals surface area contributed by atoms with Gasteiger partial charge in [-0.25, -0.2) is 4.98 Å². The number of Topliss-reactive ketones (excluding diaryl/α,β-unsaturated/α-hetero) is 1. The number of anilines is 2. The van der Waals surface area contributed by atoms with Crippen LogP contribution in [0.1, 0.15) is 43.6 Å². The highest BCUT2D eigenvalue weighted by Crippen LogP contribution is 2.31. The van der Waals surface area contributed by atoms with Crippen LogP contribution in [-0.2, 0) is 11.3 Å². The Morgan fingerprint density at radius 1 is 1.14 bits per heavy atom. The Morgan fingerprint density at radius 3 is 2.68 bits per heavy atom.